The van der Waals surface area contributed by atoms with Gasteiger partial charge in [-0.3, -0.25) is 9.59 Å². The normalized spacial score (nSPS) is 23.1. The minimum atomic E-state index is -0.105. The molecule has 1 aromatic carbocycles. The average molecular weight is 320 g/mol. The van der Waals surface area contributed by atoms with Gasteiger partial charge in [0.1, 0.15) is 0 Å². The van der Waals surface area contributed by atoms with E-state index in [1.807, 2.05) is 24.3 Å². The first-order valence-electron chi connectivity index (χ1n) is 6.47. The molecule has 1 aromatic rings. The van der Waals surface area contributed by atoms with Gasteiger partial charge < -0.3 is 5.32 Å². The van der Waals surface area contributed by atoms with E-state index in [2.05, 4.69) is 21.2 Å². The summed E-state index contributed by atoms with van der Waals surface area (Å²) in [7, 11) is 0. The Morgan fingerprint density at radius 2 is 1.95 bits per heavy atom. The van der Waals surface area contributed by atoms with Crippen molar-refractivity contribution in [1.82, 2.24) is 5.32 Å². The molecule has 1 aliphatic heterocycles. The van der Waals surface area contributed by atoms with Gasteiger partial charge in [-0.25, -0.2) is 0 Å². The molecule has 1 atom stereocenters. The minimum absolute atomic E-state index is 0.00852. The number of amides is 1. The third-order valence-electron chi connectivity index (χ3n) is 3.77. The summed E-state index contributed by atoms with van der Waals surface area (Å²) >= 11 is 3.52. The molecule has 0 saturated heterocycles. The molecule has 98 valence electrons. The largest absolute Gasteiger partial charge is 0.329 e. The summed E-state index contributed by atoms with van der Waals surface area (Å²) in [5.74, 6) is 0.0864. The van der Waals surface area contributed by atoms with Crippen LogP contribution in [0.2, 0.25) is 0 Å². The second-order valence-corrected chi connectivity index (χ2v) is 5.85. The second kappa shape index (κ2) is 4.93. The summed E-state index contributed by atoms with van der Waals surface area (Å²) in [5, 5.41) is 2.87. The number of benzene rings is 1. The van der Waals surface area contributed by atoms with Crippen molar-refractivity contribution in [3.05, 3.63) is 45.6 Å². The van der Waals surface area contributed by atoms with Crippen LogP contribution in [0.3, 0.4) is 0 Å². The molecule has 3 nitrogen and oxygen atoms in total. The zero-order valence-electron chi connectivity index (χ0n) is 10.4. The molecule has 1 aliphatic carbocycles. The maximum Gasteiger partial charge on any atom is 0.225 e. The van der Waals surface area contributed by atoms with Crippen LogP contribution in [0.4, 0.5) is 0 Å². The van der Waals surface area contributed by atoms with Crippen LogP contribution in [0.5, 0.6) is 0 Å². The van der Waals surface area contributed by atoms with Gasteiger partial charge >= 0.3 is 0 Å². The number of carbonyl (C=O) groups is 2. The van der Waals surface area contributed by atoms with Crippen molar-refractivity contribution in [2.24, 2.45) is 0 Å². The Morgan fingerprint density at radius 3 is 2.74 bits per heavy atom. The quantitative estimate of drug-likeness (QED) is 0.864. The van der Waals surface area contributed by atoms with Crippen LogP contribution in [0.15, 0.2) is 40.0 Å². The predicted octanol–water partition coefficient (Wildman–Crippen LogP) is 3.06. The summed E-state index contributed by atoms with van der Waals surface area (Å²) in [6, 6.07) is 7.82. The standard InChI is InChI=1S/C15H14BrNO2/c16-11-5-2-1-4-9(11)10-8-14(19)17-12-6-3-7-13(18)15(10)12/h1-2,4-5,10H,3,6-8H2,(H,17,19). The zero-order chi connectivity index (χ0) is 13.4. The molecule has 1 amide bonds. The van der Waals surface area contributed by atoms with Crippen LogP contribution in [0.25, 0.3) is 0 Å². The van der Waals surface area contributed by atoms with Crippen LogP contribution in [0, 0.1) is 0 Å². The van der Waals surface area contributed by atoms with Gasteiger partial charge in [0.05, 0.1) is 0 Å². The lowest BCUT2D eigenvalue weighted by atomic mass is 9.78. The molecule has 0 fully saturated rings. The molecule has 4 heteroatoms. The summed E-state index contributed by atoms with van der Waals surface area (Å²) in [5.41, 5.74) is 2.69. The van der Waals surface area contributed by atoms with E-state index in [1.165, 1.54) is 0 Å². The number of Topliss-reactive ketones (excluding diaryl/α,β-unsaturated/α-hetero) is 1. The van der Waals surface area contributed by atoms with Crippen LogP contribution < -0.4 is 5.32 Å². The van der Waals surface area contributed by atoms with Crippen molar-refractivity contribution in [2.45, 2.75) is 31.6 Å². The Hall–Kier alpha value is -1.42. The highest BCUT2D eigenvalue weighted by atomic mass is 79.9. The van der Waals surface area contributed by atoms with E-state index in [0.717, 1.165) is 34.1 Å². The maximum absolute atomic E-state index is 12.2. The topological polar surface area (TPSA) is 46.2 Å². The van der Waals surface area contributed by atoms with Crippen LogP contribution in [-0.2, 0) is 9.59 Å². The molecular formula is C15H14BrNO2. The smallest absolute Gasteiger partial charge is 0.225 e. The number of halogens is 1. The van der Waals surface area contributed by atoms with Crippen molar-refractivity contribution in [2.75, 3.05) is 0 Å². The predicted molar refractivity (Wildman–Crippen MR) is 75.5 cm³/mol. The summed E-state index contributed by atoms with van der Waals surface area (Å²) in [4.78, 5) is 24.1. The zero-order valence-corrected chi connectivity index (χ0v) is 12.0. The number of hydrogen-bond donors (Lipinski definition) is 1. The van der Waals surface area contributed by atoms with Gasteiger partial charge in [-0.2, -0.15) is 0 Å². The number of ketones is 1. The number of rotatable bonds is 1. The Bertz CT molecular complexity index is 592. The lowest BCUT2D eigenvalue weighted by Gasteiger charge is -2.31. The van der Waals surface area contributed by atoms with Crippen molar-refractivity contribution in [1.29, 1.82) is 0 Å². The number of allylic oxidation sites excluding steroid dienone is 2. The third kappa shape index (κ3) is 2.25. The highest BCUT2D eigenvalue weighted by Crippen LogP contribution is 2.40. The maximum atomic E-state index is 12.2. The van der Waals surface area contributed by atoms with Crippen LogP contribution >= 0.6 is 15.9 Å². The minimum Gasteiger partial charge on any atom is -0.329 e. The fraction of sp³-hybridized carbons (Fsp3) is 0.333. The molecule has 2 aliphatic rings. The molecule has 0 saturated carbocycles. The third-order valence-corrected chi connectivity index (χ3v) is 4.49. The molecule has 1 heterocycles. The molecule has 1 N–H and O–H groups in total. The SMILES string of the molecule is O=C1CC(c2ccccc2Br)C2=C(CCCC2=O)N1. The van der Waals surface area contributed by atoms with E-state index >= 15 is 0 Å². The summed E-state index contributed by atoms with van der Waals surface area (Å²) in [6.07, 6.45) is 2.58. The van der Waals surface area contributed by atoms with Gasteiger partial charge in [-0.05, 0) is 24.5 Å². The summed E-state index contributed by atoms with van der Waals surface area (Å²) in [6.45, 7) is 0. The van der Waals surface area contributed by atoms with Gasteiger partial charge in [0.25, 0.3) is 0 Å². The van der Waals surface area contributed by atoms with E-state index in [0.29, 0.717) is 12.8 Å². The Morgan fingerprint density at radius 1 is 1.16 bits per heavy atom. The molecule has 0 bridgehead atoms. The summed E-state index contributed by atoms with van der Waals surface area (Å²) < 4.78 is 0.958. The lowest BCUT2D eigenvalue weighted by Crippen LogP contribution is -2.36. The van der Waals surface area contributed by atoms with E-state index in [-0.39, 0.29) is 17.6 Å². The van der Waals surface area contributed by atoms with Crippen LogP contribution in [-0.4, -0.2) is 11.7 Å². The van der Waals surface area contributed by atoms with E-state index in [4.69, 9.17) is 0 Å². The van der Waals surface area contributed by atoms with E-state index < -0.39 is 0 Å². The lowest BCUT2D eigenvalue weighted by molar-refractivity contribution is -0.122. The molecule has 0 aromatic heterocycles. The molecule has 3 rings (SSSR count). The number of carbonyl (C=O) groups excluding carboxylic acids is 2. The van der Waals surface area contributed by atoms with Crippen molar-refractivity contribution < 1.29 is 9.59 Å². The Balaban J connectivity index is 2.11. The first kappa shape index (κ1) is 12.6. The van der Waals surface area contributed by atoms with Crippen molar-refractivity contribution in [3.63, 3.8) is 0 Å². The molecular weight excluding hydrogens is 306 g/mol. The van der Waals surface area contributed by atoms with Gasteiger partial charge in [0.15, 0.2) is 5.78 Å². The fourth-order valence-corrected chi connectivity index (χ4v) is 3.49. The van der Waals surface area contributed by atoms with E-state index in [1.54, 1.807) is 0 Å². The van der Waals surface area contributed by atoms with Crippen molar-refractivity contribution in [3.8, 4) is 0 Å². The van der Waals surface area contributed by atoms with E-state index in [9.17, 15) is 9.59 Å². The molecule has 19 heavy (non-hydrogen) atoms. The van der Waals surface area contributed by atoms with Crippen LogP contribution in [0.1, 0.15) is 37.2 Å². The number of nitrogens with one attached hydrogen (secondary N) is 1. The highest BCUT2D eigenvalue weighted by Gasteiger charge is 2.35. The number of hydrogen-bond acceptors (Lipinski definition) is 2. The van der Waals surface area contributed by atoms with Gasteiger partial charge in [-0.15, -0.1) is 0 Å². The highest BCUT2D eigenvalue weighted by molar-refractivity contribution is 9.10. The van der Waals surface area contributed by atoms with Gasteiger partial charge in [0, 0.05) is 34.5 Å². The second-order valence-electron chi connectivity index (χ2n) is 5.00. The van der Waals surface area contributed by atoms with Gasteiger partial charge in [-0.1, -0.05) is 34.1 Å². The molecule has 1 unspecified atom stereocenters. The fourth-order valence-electron chi connectivity index (χ4n) is 2.93. The molecule has 0 radical (unpaired) electrons. The Kier molecular flexibility index (Phi) is 3.27. The first-order chi connectivity index (χ1) is 9.16. The first-order valence-corrected chi connectivity index (χ1v) is 7.26. The monoisotopic (exact) mass is 319 g/mol. The average Bonchev–Trinajstić information content (AvgIpc) is 2.38. The van der Waals surface area contributed by atoms with Crippen molar-refractivity contribution >= 4 is 27.6 Å². The molecule has 0 spiro atoms. The Labute approximate surface area is 120 Å². The van der Waals surface area contributed by atoms with Gasteiger partial charge in [0.2, 0.25) is 5.91 Å².